The Morgan fingerprint density at radius 2 is 1.78 bits per heavy atom. The molecule has 268 valence electrons. The molecule has 2 saturated heterocycles. The number of ether oxygens (including phenoxy) is 1. The van der Waals surface area contributed by atoms with Crippen LogP contribution in [0, 0.1) is 5.92 Å². The van der Waals surface area contributed by atoms with Crippen LogP contribution in [0.5, 0.6) is 5.75 Å². The first-order valence-corrected chi connectivity index (χ1v) is 20.8. The van der Waals surface area contributed by atoms with Gasteiger partial charge in [-0.2, -0.15) is 10.1 Å². The van der Waals surface area contributed by atoms with Gasteiger partial charge in [-0.25, -0.2) is 4.98 Å². The summed E-state index contributed by atoms with van der Waals surface area (Å²) in [6.07, 6.45) is 12.7. The molecule has 2 fully saturated rings. The summed E-state index contributed by atoms with van der Waals surface area (Å²) in [4.78, 5) is 23.4. The summed E-state index contributed by atoms with van der Waals surface area (Å²) >= 11 is 3.60. The number of hydrogen-bond acceptors (Lipinski definition) is 12. The van der Waals surface area contributed by atoms with Crippen molar-refractivity contribution in [3.8, 4) is 16.9 Å². The van der Waals surface area contributed by atoms with Crippen molar-refractivity contribution in [2.45, 2.75) is 19.3 Å². The lowest BCUT2D eigenvalue weighted by Gasteiger charge is -2.38. The third-order valence-corrected chi connectivity index (χ3v) is 11.9. The number of halogens is 1. The van der Waals surface area contributed by atoms with Crippen LogP contribution in [0.4, 0.5) is 28.8 Å². The number of aryl methyl sites for hydroxylation is 1. The maximum absolute atomic E-state index is 13.5. The third-order valence-electron chi connectivity index (χ3n) is 9.75. The molecule has 7 rings (SSSR count). The number of aromatic nitrogens is 6. The summed E-state index contributed by atoms with van der Waals surface area (Å²) in [6, 6.07) is 7.93. The van der Waals surface area contributed by atoms with Crippen LogP contribution < -0.4 is 30.9 Å². The second kappa shape index (κ2) is 15.2. The molecule has 13 nitrogen and oxygen atoms in total. The first kappa shape index (κ1) is 35.3. The number of anilines is 5. The molecule has 0 amide bonds. The van der Waals surface area contributed by atoms with Crippen LogP contribution in [0.25, 0.3) is 22.2 Å². The van der Waals surface area contributed by atoms with Gasteiger partial charge in [-0.15, -0.1) is 0 Å². The van der Waals surface area contributed by atoms with Gasteiger partial charge >= 0.3 is 0 Å². The van der Waals surface area contributed by atoms with Gasteiger partial charge in [-0.3, -0.25) is 19.5 Å². The molecule has 2 aliphatic rings. The second-order valence-electron chi connectivity index (χ2n) is 13.7. The first-order valence-electron chi connectivity index (χ1n) is 17.4. The number of fused-ring (bicyclic) bond motifs is 1. The van der Waals surface area contributed by atoms with Crippen molar-refractivity contribution in [1.29, 1.82) is 0 Å². The highest BCUT2D eigenvalue weighted by atomic mass is 79.9. The van der Waals surface area contributed by atoms with E-state index in [0.717, 1.165) is 74.2 Å². The summed E-state index contributed by atoms with van der Waals surface area (Å²) in [6.45, 7) is 10.9. The first-order chi connectivity index (χ1) is 24.7. The number of methoxy groups -OCH3 is 1. The maximum Gasteiger partial charge on any atom is 0.229 e. The van der Waals surface area contributed by atoms with E-state index < -0.39 is 7.14 Å². The molecule has 0 bridgehead atoms. The molecule has 0 unspecified atom stereocenters. The highest BCUT2D eigenvalue weighted by molar-refractivity contribution is 9.10. The van der Waals surface area contributed by atoms with Crippen LogP contribution in [-0.4, -0.2) is 101 Å². The highest BCUT2D eigenvalue weighted by Crippen LogP contribution is 2.43. The Kier molecular flexibility index (Phi) is 10.6. The number of nitrogens with zero attached hydrogens (tertiary/aromatic N) is 8. The highest BCUT2D eigenvalue weighted by Gasteiger charge is 2.25. The fourth-order valence-corrected chi connectivity index (χ4v) is 8.75. The molecular weight excluding hydrogens is 729 g/mol. The fraction of sp³-hybridized carbons (Fsp3) is 0.417. The summed E-state index contributed by atoms with van der Waals surface area (Å²) in [5.74, 6) is 2.39. The van der Waals surface area contributed by atoms with Gasteiger partial charge in [0.05, 0.1) is 40.0 Å². The third kappa shape index (κ3) is 8.04. The van der Waals surface area contributed by atoms with E-state index in [1.54, 1.807) is 39.0 Å². The van der Waals surface area contributed by atoms with Crippen molar-refractivity contribution in [2.24, 2.45) is 13.0 Å². The molecule has 0 saturated carbocycles. The Labute approximate surface area is 307 Å². The molecule has 0 radical (unpaired) electrons. The Morgan fingerprint density at radius 1 is 1.00 bits per heavy atom. The van der Waals surface area contributed by atoms with Crippen LogP contribution in [0.2, 0.25) is 0 Å². The largest absolute Gasteiger partial charge is 0.494 e. The topological polar surface area (TPSA) is 138 Å². The Balaban J connectivity index is 1.15. The summed E-state index contributed by atoms with van der Waals surface area (Å²) < 4.78 is 21.9. The average Bonchev–Trinajstić information content (AvgIpc) is 3.58. The van der Waals surface area contributed by atoms with Crippen LogP contribution >= 0.6 is 23.1 Å². The predicted molar refractivity (Wildman–Crippen MR) is 209 cm³/mol. The standard InChI is InChI=1S/C36H45BrN11O2P/c1-46-23-25(21-42-46)26-19-30(32(50-2)20-31(26)48-17-15-47(16-18-48)14-9-24-7-10-38-11-8-24)44-36-41-22-27(37)35(45-36)43-29-6-5-28-33(40-13-12-39-28)34(29)51(3,4)49/h5-6,12-13,19-24,38H,7-11,14-18H2,1-4H3,(H2,41,43,44,45). The van der Waals surface area contributed by atoms with E-state index in [1.807, 2.05) is 36.3 Å². The van der Waals surface area contributed by atoms with Crippen molar-refractivity contribution < 1.29 is 9.30 Å². The van der Waals surface area contributed by atoms with Gasteiger partial charge in [0, 0.05) is 80.9 Å². The van der Waals surface area contributed by atoms with Crippen LogP contribution in [0.3, 0.4) is 0 Å². The van der Waals surface area contributed by atoms with Crippen LogP contribution in [0.15, 0.2) is 59.7 Å². The van der Waals surface area contributed by atoms with Crippen molar-refractivity contribution in [3.63, 3.8) is 0 Å². The van der Waals surface area contributed by atoms with E-state index in [-0.39, 0.29) is 0 Å². The molecule has 3 N–H and O–H groups in total. The molecule has 0 spiro atoms. The van der Waals surface area contributed by atoms with Crippen molar-refractivity contribution >= 4 is 68.2 Å². The van der Waals surface area contributed by atoms with E-state index >= 15 is 0 Å². The number of rotatable bonds is 11. The fourth-order valence-electron chi connectivity index (χ4n) is 7.07. The Bertz CT molecular complexity index is 2050. The predicted octanol–water partition coefficient (Wildman–Crippen LogP) is 5.84. The molecular formula is C36H45BrN11O2P. The van der Waals surface area contributed by atoms with Crippen LogP contribution in [0.1, 0.15) is 19.3 Å². The van der Waals surface area contributed by atoms with Crippen molar-refractivity contribution in [1.82, 2.24) is 39.9 Å². The van der Waals surface area contributed by atoms with Crippen LogP contribution in [-0.2, 0) is 11.6 Å². The van der Waals surface area contributed by atoms with Gasteiger partial charge in [0.2, 0.25) is 5.95 Å². The van der Waals surface area contributed by atoms with Crippen molar-refractivity contribution in [3.05, 3.63) is 59.7 Å². The quantitative estimate of drug-likeness (QED) is 0.139. The lowest BCUT2D eigenvalue weighted by atomic mass is 9.94. The monoisotopic (exact) mass is 773 g/mol. The number of benzene rings is 2. The van der Waals surface area contributed by atoms with E-state index in [2.05, 4.69) is 73.9 Å². The average molecular weight is 775 g/mol. The zero-order valence-electron chi connectivity index (χ0n) is 29.6. The second-order valence-corrected chi connectivity index (χ2v) is 17.7. The Morgan fingerprint density at radius 3 is 2.51 bits per heavy atom. The molecule has 2 aromatic carbocycles. The van der Waals surface area contributed by atoms with E-state index in [9.17, 15) is 4.57 Å². The molecule has 0 aliphatic carbocycles. The van der Waals surface area contributed by atoms with Gasteiger partial charge in [-0.05, 0) is 92.3 Å². The smallest absolute Gasteiger partial charge is 0.229 e. The van der Waals surface area contributed by atoms with E-state index in [4.69, 9.17) is 9.72 Å². The van der Waals surface area contributed by atoms with Gasteiger partial charge in [0.25, 0.3) is 0 Å². The minimum absolute atomic E-state index is 0.365. The minimum atomic E-state index is -2.77. The summed E-state index contributed by atoms with van der Waals surface area (Å²) in [5, 5.41) is 15.4. The van der Waals surface area contributed by atoms with Gasteiger partial charge in [0.1, 0.15) is 24.2 Å². The number of hydrogen-bond donors (Lipinski definition) is 3. The number of piperidine rings is 1. The van der Waals surface area contributed by atoms with E-state index in [0.29, 0.717) is 44.0 Å². The zero-order chi connectivity index (χ0) is 35.5. The molecule has 5 aromatic rings. The molecule has 51 heavy (non-hydrogen) atoms. The normalized spacial score (nSPS) is 16.1. The van der Waals surface area contributed by atoms with Gasteiger partial charge < -0.3 is 30.2 Å². The molecule has 3 aromatic heterocycles. The number of piperazine rings is 1. The zero-order valence-corrected chi connectivity index (χ0v) is 32.0. The van der Waals surface area contributed by atoms with Gasteiger partial charge in [0.15, 0.2) is 0 Å². The summed E-state index contributed by atoms with van der Waals surface area (Å²) in [7, 11) is 0.847. The molecule has 0 atom stereocenters. The lowest BCUT2D eigenvalue weighted by molar-refractivity contribution is 0.224. The van der Waals surface area contributed by atoms with E-state index in [1.165, 1.54) is 19.3 Å². The van der Waals surface area contributed by atoms with Crippen molar-refractivity contribution in [2.75, 3.05) is 81.8 Å². The molecule has 2 aliphatic heterocycles. The Hall–Kier alpha value is -4.10. The lowest BCUT2D eigenvalue weighted by Crippen LogP contribution is -2.47. The minimum Gasteiger partial charge on any atom is -0.494 e. The summed E-state index contributed by atoms with van der Waals surface area (Å²) in [5.41, 5.74) is 5.83. The molecule has 5 heterocycles. The molecule has 15 heteroatoms. The number of nitrogens with one attached hydrogen (secondary N) is 3. The SMILES string of the molecule is COc1cc(N2CCN(CCC3CCNCC3)CC2)c(-c2cnn(C)c2)cc1Nc1ncc(Br)c(Nc2ccc3nccnc3c2P(C)(C)=O)n1. The van der Waals surface area contributed by atoms with Gasteiger partial charge in [-0.1, -0.05) is 0 Å². The maximum atomic E-state index is 13.5.